The van der Waals surface area contributed by atoms with Crippen molar-refractivity contribution in [2.75, 3.05) is 12.3 Å². The standard InChI is InChI=1S/C9H11N3/c1-7-11-9(10-2)8-5-3-4-6-12(7)8/h3-6,10H,1-2H3/i2D3. The monoisotopic (exact) mass is 164 g/mol. The molecule has 0 spiro atoms. The Balaban J connectivity index is 2.53. The summed E-state index contributed by atoms with van der Waals surface area (Å²) in [4.78, 5) is 4.17. The minimum atomic E-state index is -2.21. The van der Waals surface area contributed by atoms with E-state index in [1.165, 1.54) is 0 Å². The number of anilines is 1. The molecule has 0 bridgehead atoms. The van der Waals surface area contributed by atoms with Crippen LogP contribution in [0.15, 0.2) is 24.4 Å². The predicted molar refractivity (Wildman–Crippen MR) is 49.5 cm³/mol. The Morgan fingerprint density at radius 1 is 1.58 bits per heavy atom. The smallest absolute Gasteiger partial charge is 0.152 e. The van der Waals surface area contributed by atoms with Gasteiger partial charge in [0.1, 0.15) is 5.82 Å². The van der Waals surface area contributed by atoms with Crippen molar-refractivity contribution in [3.05, 3.63) is 30.2 Å². The predicted octanol–water partition coefficient (Wildman–Crippen LogP) is 1.68. The lowest BCUT2D eigenvalue weighted by Crippen LogP contribution is -1.88. The molecule has 1 N–H and O–H groups in total. The highest BCUT2D eigenvalue weighted by atomic mass is 15.1. The zero-order valence-corrected chi connectivity index (χ0v) is 6.70. The van der Waals surface area contributed by atoms with Gasteiger partial charge in [0.05, 0.1) is 5.52 Å². The van der Waals surface area contributed by atoms with Gasteiger partial charge in [-0.05, 0) is 19.1 Å². The molecule has 0 radical (unpaired) electrons. The van der Waals surface area contributed by atoms with Crippen LogP contribution in [0.2, 0.25) is 0 Å². The van der Waals surface area contributed by atoms with E-state index in [0.29, 0.717) is 5.82 Å². The van der Waals surface area contributed by atoms with E-state index in [9.17, 15) is 0 Å². The first-order chi connectivity index (χ1) is 6.97. The van der Waals surface area contributed by atoms with Gasteiger partial charge < -0.3 is 9.72 Å². The molecule has 0 unspecified atom stereocenters. The molecule has 0 aliphatic rings. The molecule has 0 aromatic carbocycles. The Hall–Kier alpha value is -1.51. The Morgan fingerprint density at radius 3 is 3.33 bits per heavy atom. The normalized spacial score (nSPS) is 15.2. The van der Waals surface area contributed by atoms with Crippen molar-refractivity contribution in [1.82, 2.24) is 9.38 Å². The molecule has 3 heteroatoms. The van der Waals surface area contributed by atoms with E-state index in [4.69, 9.17) is 4.11 Å². The Kier molecular flexibility index (Phi) is 0.943. The molecule has 2 aromatic rings. The number of pyridine rings is 1. The average molecular weight is 164 g/mol. The molecule has 12 heavy (non-hydrogen) atoms. The van der Waals surface area contributed by atoms with Crippen LogP contribution in [-0.2, 0) is 0 Å². The van der Waals surface area contributed by atoms with Crippen molar-refractivity contribution >= 4 is 11.3 Å². The minimum Gasteiger partial charge on any atom is -0.371 e. The Morgan fingerprint density at radius 2 is 2.50 bits per heavy atom. The molecule has 3 nitrogen and oxygen atoms in total. The molecule has 0 aliphatic heterocycles. The summed E-state index contributed by atoms with van der Waals surface area (Å²) in [6, 6.07) is 5.55. The molecule has 0 saturated carbocycles. The fourth-order valence-electron chi connectivity index (χ4n) is 1.28. The molecule has 0 amide bonds. The highest BCUT2D eigenvalue weighted by Gasteiger charge is 2.03. The second-order valence-electron chi connectivity index (χ2n) is 2.59. The van der Waals surface area contributed by atoms with Gasteiger partial charge in [-0.15, -0.1) is 0 Å². The van der Waals surface area contributed by atoms with E-state index < -0.39 is 6.98 Å². The number of hydrogen-bond acceptors (Lipinski definition) is 2. The van der Waals surface area contributed by atoms with Crippen molar-refractivity contribution in [2.24, 2.45) is 0 Å². The molecular weight excluding hydrogens is 150 g/mol. The lowest BCUT2D eigenvalue weighted by atomic mass is 10.4. The molecular formula is C9H11N3. The van der Waals surface area contributed by atoms with Gasteiger partial charge in [-0.1, -0.05) is 6.07 Å². The maximum atomic E-state index is 7.13. The van der Waals surface area contributed by atoms with E-state index in [2.05, 4.69) is 10.3 Å². The highest BCUT2D eigenvalue weighted by molar-refractivity contribution is 5.68. The fourth-order valence-corrected chi connectivity index (χ4v) is 1.28. The van der Waals surface area contributed by atoms with Crippen LogP contribution >= 0.6 is 0 Å². The second kappa shape index (κ2) is 2.52. The van der Waals surface area contributed by atoms with E-state index in [1.807, 2.05) is 35.7 Å². The number of rotatable bonds is 1. The topological polar surface area (TPSA) is 29.3 Å². The molecule has 2 heterocycles. The first kappa shape index (κ1) is 4.50. The SMILES string of the molecule is [2H]C([2H])([2H])Nc1nc(C)n2ccccc12. The number of hydrogen-bond donors (Lipinski definition) is 1. The van der Waals surface area contributed by atoms with Gasteiger partial charge in [-0.3, -0.25) is 0 Å². The van der Waals surface area contributed by atoms with Crippen LogP contribution in [0.5, 0.6) is 0 Å². The fraction of sp³-hybridized carbons (Fsp3) is 0.222. The van der Waals surface area contributed by atoms with E-state index >= 15 is 0 Å². The number of nitrogens with one attached hydrogen (secondary N) is 1. The number of aryl methyl sites for hydroxylation is 1. The number of aromatic nitrogens is 2. The summed E-state index contributed by atoms with van der Waals surface area (Å²) in [6.45, 7) is -0.380. The van der Waals surface area contributed by atoms with Crippen molar-refractivity contribution in [3.63, 3.8) is 0 Å². The number of fused-ring (bicyclic) bond motifs is 1. The average Bonchev–Trinajstić information content (AvgIpc) is 2.42. The van der Waals surface area contributed by atoms with Gasteiger partial charge in [-0.2, -0.15) is 0 Å². The summed E-state index contributed by atoms with van der Waals surface area (Å²) in [5.74, 6) is 1.16. The Labute approximate surface area is 75.3 Å². The molecule has 2 aromatic heterocycles. The van der Waals surface area contributed by atoms with Gasteiger partial charge in [-0.25, -0.2) is 4.98 Å². The third kappa shape index (κ3) is 0.863. The molecule has 0 saturated heterocycles. The van der Waals surface area contributed by atoms with E-state index in [1.54, 1.807) is 0 Å². The number of nitrogens with zero attached hydrogens (tertiary/aromatic N) is 2. The molecule has 0 fully saturated rings. The zero-order valence-electron chi connectivity index (χ0n) is 9.70. The van der Waals surface area contributed by atoms with Crippen LogP contribution in [0, 0.1) is 6.92 Å². The lowest BCUT2D eigenvalue weighted by molar-refractivity contribution is 1.04. The first-order valence-corrected chi connectivity index (χ1v) is 3.69. The molecule has 62 valence electrons. The van der Waals surface area contributed by atoms with Crippen molar-refractivity contribution in [3.8, 4) is 0 Å². The Bertz CT molecular complexity index is 487. The lowest BCUT2D eigenvalue weighted by Gasteiger charge is -1.95. The quantitative estimate of drug-likeness (QED) is 0.695. The maximum absolute atomic E-state index is 7.13. The molecule has 0 atom stereocenters. The van der Waals surface area contributed by atoms with Gasteiger partial charge in [0.25, 0.3) is 0 Å². The van der Waals surface area contributed by atoms with Crippen LogP contribution in [0.25, 0.3) is 5.52 Å². The summed E-state index contributed by atoms with van der Waals surface area (Å²) in [5.41, 5.74) is 0.770. The first-order valence-electron chi connectivity index (χ1n) is 5.19. The summed E-state index contributed by atoms with van der Waals surface area (Å²) in [6.07, 6.45) is 1.85. The summed E-state index contributed by atoms with van der Waals surface area (Å²) in [5, 5.41) is 2.41. The minimum absolute atomic E-state index is 0.396. The van der Waals surface area contributed by atoms with Crippen LogP contribution in [0.4, 0.5) is 5.82 Å². The van der Waals surface area contributed by atoms with Gasteiger partial charge >= 0.3 is 0 Å². The van der Waals surface area contributed by atoms with Gasteiger partial charge in [0.2, 0.25) is 0 Å². The van der Waals surface area contributed by atoms with Crippen molar-refractivity contribution < 1.29 is 4.11 Å². The van der Waals surface area contributed by atoms with Crippen molar-refractivity contribution in [2.45, 2.75) is 6.92 Å². The highest BCUT2D eigenvalue weighted by Crippen LogP contribution is 2.15. The summed E-state index contributed by atoms with van der Waals surface area (Å²) < 4.78 is 23.2. The largest absolute Gasteiger partial charge is 0.371 e. The van der Waals surface area contributed by atoms with Crippen LogP contribution in [-0.4, -0.2) is 16.4 Å². The van der Waals surface area contributed by atoms with E-state index in [0.717, 1.165) is 11.3 Å². The maximum Gasteiger partial charge on any atom is 0.152 e. The molecule has 2 rings (SSSR count). The van der Waals surface area contributed by atoms with Crippen LogP contribution < -0.4 is 5.32 Å². The van der Waals surface area contributed by atoms with E-state index in [-0.39, 0.29) is 0 Å². The van der Waals surface area contributed by atoms with Crippen LogP contribution in [0.3, 0.4) is 0 Å². The van der Waals surface area contributed by atoms with Crippen LogP contribution in [0.1, 0.15) is 9.94 Å². The van der Waals surface area contributed by atoms with Gasteiger partial charge in [0.15, 0.2) is 5.82 Å². The third-order valence-corrected chi connectivity index (χ3v) is 1.84. The summed E-state index contributed by atoms with van der Waals surface area (Å²) >= 11 is 0. The zero-order chi connectivity index (χ0) is 11.1. The molecule has 0 aliphatic carbocycles. The number of imidazole rings is 1. The van der Waals surface area contributed by atoms with Crippen molar-refractivity contribution in [1.29, 1.82) is 0 Å². The van der Waals surface area contributed by atoms with Gasteiger partial charge in [0, 0.05) is 17.3 Å². The summed E-state index contributed by atoms with van der Waals surface area (Å²) in [7, 11) is 0. The second-order valence-corrected chi connectivity index (χ2v) is 2.59. The third-order valence-electron chi connectivity index (χ3n) is 1.84.